The first kappa shape index (κ1) is 10.7. The second kappa shape index (κ2) is 5.35. The molecule has 0 aromatic heterocycles. The van der Waals surface area contributed by atoms with Crippen LogP contribution in [-0.4, -0.2) is 31.7 Å². The van der Waals surface area contributed by atoms with Crippen LogP contribution in [0.5, 0.6) is 0 Å². The lowest BCUT2D eigenvalue weighted by atomic mass is 10.1. The molecular weight excluding hydrogens is 190 g/mol. The third-order valence-corrected chi connectivity index (χ3v) is 3.40. The highest BCUT2D eigenvalue weighted by Crippen LogP contribution is 2.17. The minimum absolute atomic E-state index is 0.0220. The number of urea groups is 1. The van der Waals surface area contributed by atoms with Crippen LogP contribution in [0.25, 0.3) is 0 Å². The van der Waals surface area contributed by atoms with E-state index in [-0.39, 0.29) is 6.03 Å². The van der Waals surface area contributed by atoms with Gasteiger partial charge in [0.2, 0.25) is 0 Å². The molecule has 0 aromatic rings. The van der Waals surface area contributed by atoms with Gasteiger partial charge in [-0.05, 0) is 38.3 Å². The normalized spacial score (nSPS) is 26.8. The first-order chi connectivity index (χ1) is 7.34. The molecule has 1 heterocycles. The number of nitrogens with one attached hydrogen (secondary N) is 3. The van der Waals surface area contributed by atoms with Gasteiger partial charge >= 0.3 is 6.03 Å². The Balaban J connectivity index is 1.59. The molecule has 4 heteroatoms. The molecule has 0 aromatic carbocycles. The van der Waals surface area contributed by atoms with Gasteiger partial charge in [-0.2, -0.15) is 0 Å². The summed E-state index contributed by atoms with van der Waals surface area (Å²) in [4.78, 5) is 11.5. The summed E-state index contributed by atoms with van der Waals surface area (Å²) < 4.78 is 0. The van der Waals surface area contributed by atoms with Gasteiger partial charge in [0, 0.05) is 12.6 Å². The molecule has 2 rings (SSSR count). The lowest BCUT2D eigenvalue weighted by Gasteiger charge is -2.14. The lowest BCUT2D eigenvalue weighted by molar-refractivity contribution is 0.235. The van der Waals surface area contributed by atoms with Crippen LogP contribution in [0, 0.1) is 5.92 Å². The number of carbonyl (C=O) groups is 1. The Morgan fingerprint density at radius 3 is 2.73 bits per heavy atom. The first-order valence-electron chi connectivity index (χ1n) is 6.09. The molecule has 2 amide bonds. The summed E-state index contributed by atoms with van der Waals surface area (Å²) in [6.45, 7) is 2.95. The van der Waals surface area contributed by atoms with Crippen LogP contribution in [0.3, 0.4) is 0 Å². The summed E-state index contributed by atoms with van der Waals surface area (Å²) in [7, 11) is 0. The van der Waals surface area contributed by atoms with E-state index in [4.69, 9.17) is 0 Å². The molecule has 1 aliphatic carbocycles. The smallest absolute Gasteiger partial charge is 0.315 e. The molecule has 1 aliphatic heterocycles. The van der Waals surface area contributed by atoms with Crippen LogP contribution in [-0.2, 0) is 0 Å². The predicted molar refractivity (Wildman–Crippen MR) is 59.8 cm³/mol. The second-order valence-corrected chi connectivity index (χ2v) is 4.69. The summed E-state index contributed by atoms with van der Waals surface area (Å²) in [5.41, 5.74) is 0. The fourth-order valence-electron chi connectivity index (χ4n) is 2.43. The van der Waals surface area contributed by atoms with Crippen LogP contribution < -0.4 is 16.0 Å². The second-order valence-electron chi connectivity index (χ2n) is 4.69. The van der Waals surface area contributed by atoms with Crippen molar-refractivity contribution in [1.82, 2.24) is 16.0 Å². The summed E-state index contributed by atoms with van der Waals surface area (Å²) in [5, 5.41) is 9.29. The fourth-order valence-corrected chi connectivity index (χ4v) is 2.43. The topological polar surface area (TPSA) is 53.2 Å². The van der Waals surface area contributed by atoms with E-state index < -0.39 is 0 Å². The SMILES string of the molecule is O=C(NCC1CCNC1)NC1CCCC1. The molecule has 0 bridgehead atoms. The van der Waals surface area contributed by atoms with Crippen molar-refractivity contribution in [3.63, 3.8) is 0 Å². The molecule has 1 unspecified atom stereocenters. The molecule has 2 aliphatic rings. The number of amides is 2. The molecule has 1 atom stereocenters. The summed E-state index contributed by atoms with van der Waals surface area (Å²) in [6, 6.07) is 0.445. The molecule has 0 radical (unpaired) electrons. The Hall–Kier alpha value is -0.770. The highest BCUT2D eigenvalue weighted by Gasteiger charge is 2.18. The molecular formula is C11H21N3O. The van der Waals surface area contributed by atoms with Gasteiger partial charge in [-0.1, -0.05) is 12.8 Å². The average molecular weight is 211 g/mol. The highest BCUT2D eigenvalue weighted by molar-refractivity contribution is 5.74. The number of hydrogen-bond donors (Lipinski definition) is 3. The van der Waals surface area contributed by atoms with Gasteiger partial charge in [0.15, 0.2) is 0 Å². The van der Waals surface area contributed by atoms with E-state index in [1.807, 2.05) is 0 Å². The maximum Gasteiger partial charge on any atom is 0.315 e. The van der Waals surface area contributed by atoms with E-state index in [0.717, 1.165) is 32.5 Å². The van der Waals surface area contributed by atoms with E-state index in [0.29, 0.717) is 12.0 Å². The molecule has 15 heavy (non-hydrogen) atoms. The van der Waals surface area contributed by atoms with Gasteiger partial charge in [-0.25, -0.2) is 4.79 Å². The Kier molecular flexibility index (Phi) is 3.83. The van der Waals surface area contributed by atoms with Crippen molar-refractivity contribution >= 4 is 6.03 Å². The lowest BCUT2D eigenvalue weighted by Crippen LogP contribution is -2.42. The van der Waals surface area contributed by atoms with Crippen LogP contribution in [0.2, 0.25) is 0 Å². The third-order valence-electron chi connectivity index (χ3n) is 3.40. The van der Waals surface area contributed by atoms with E-state index in [1.165, 1.54) is 19.3 Å². The summed E-state index contributed by atoms with van der Waals surface area (Å²) in [6.07, 6.45) is 6.01. The molecule has 1 saturated carbocycles. The van der Waals surface area contributed by atoms with Crippen LogP contribution >= 0.6 is 0 Å². The summed E-state index contributed by atoms with van der Waals surface area (Å²) in [5.74, 6) is 0.624. The van der Waals surface area contributed by atoms with E-state index >= 15 is 0 Å². The molecule has 1 saturated heterocycles. The highest BCUT2D eigenvalue weighted by atomic mass is 16.2. The van der Waals surface area contributed by atoms with Crippen LogP contribution in [0.1, 0.15) is 32.1 Å². The zero-order valence-corrected chi connectivity index (χ0v) is 9.22. The van der Waals surface area contributed by atoms with Crippen molar-refractivity contribution in [2.75, 3.05) is 19.6 Å². The molecule has 2 fully saturated rings. The molecule has 4 nitrogen and oxygen atoms in total. The van der Waals surface area contributed by atoms with Crippen molar-refractivity contribution in [2.24, 2.45) is 5.92 Å². The number of rotatable bonds is 3. The van der Waals surface area contributed by atoms with Crippen molar-refractivity contribution in [1.29, 1.82) is 0 Å². The van der Waals surface area contributed by atoms with Gasteiger partial charge in [0.25, 0.3) is 0 Å². The quantitative estimate of drug-likeness (QED) is 0.648. The maximum atomic E-state index is 11.5. The Morgan fingerprint density at radius 1 is 1.27 bits per heavy atom. The minimum atomic E-state index is 0.0220. The standard InChI is InChI=1S/C11H21N3O/c15-11(14-10-3-1-2-4-10)13-8-9-5-6-12-7-9/h9-10,12H,1-8H2,(H2,13,14,15). The Morgan fingerprint density at radius 2 is 2.07 bits per heavy atom. The first-order valence-corrected chi connectivity index (χ1v) is 6.09. The van der Waals surface area contributed by atoms with Gasteiger partial charge in [-0.3, -0.25) is 0 Å². The number of carbonyl (C=O) groups excluding carboxylic acids is 1. The predicted octanol–water partition coefficient (Wildman–Crippen LogP) is 0.838. The molecule has 0 spiro atoms. The number of hydrogen-bond acceptors (Lipinski definition) is 2. The Labute approximate surface area is 91.2 Å². The molecule has 3 N–H and O–H groups in total. The van der Waals surface area contributed by atoms with Crippen molar-refractivity contribution in [3.8, 4) is 0 Å². The largest absolute Gasteiger partial charge is 0.338 e. The fraction of sp³-hybridized carbons (Fsp3) is 0.909. The van der Waals surface area contributed by atoms with E-state index in [2.05, 4.69) is 16.0 Å². The summed E-state index contributed by atoms with van der Waals surface area (Å²) >= 11 is 0. The van der Waals surface area contributed by atoms with Gasteiger partial charge in [0.1, 0.15) is 0 Å². The van der Waals surface area contributed by atoms with Crippen LogP contribution in [0.15, 0.2) is 0 Å². The van der Waals surface area contributed by atoms with Crippen LogP contribution in [0.4, 0.5) is 4.79 Å². The van der Waals surface area contributed by atoms with Gasteiger partial charge in [-0.15, -0.1) is 0 Å². The Bertz CT molecular complexity index is 208. The zero-order chi connectivity index (χ0) is 10.5. The van der Waals surface area contributed by atoms with Gasteiger partial charge in [0.05, 0.1) is 0 Å². The maximum absolute atomic E-state index is 11.5. The van der Waals surface area contributed by atoms with E-state index in [9.17, 15) is 4.79 Å². The van der Waals surface area contributed by atoms with Gasteiger partial charge < -0.3 is 16.0 Å². The molecule has 86 valence electrons. The monoisotopic (exact) mass is 211 g/mol. The minimum Gasteiger partial charge on any atom is -0.338 e. The van der Waals surface area contributed by atoms with Crippen molar-refractivity contribution in [3.05, 3.63) is 0 Å². The van der Waals surface area contributed by atoms with E-state index in [1.54, 1.807) is 0 Å². The zero-order valence-electron chi connectivity index (χ0n) is 9.22. The third kappa shape index (κ3) is 3.38. The average Bonchev–Trinajstić information content (AvgIpc) is 2.86. The van der Waals surface area contributed by atoms with Crippen molar-refractivity contribution in [2.45, 2.75) is 38.1 Å². The van der Waals surface area contributed by atoms with Crippen molar-refractivity contribution < 1.29 is 4.79 Å².